The number of hydrogen-bond donors (Lipinski definition) is 2. The van der Waals surface area contributed by atoms with Crippen molar-refractivity contribution in [2.45, 2.75) is 75.0 Å². The molecule has 10 heteroatoms. The van der Waals surface area contributed by atoms with Crippen molar-refractivity contribution in [3.63, 3.8) is 0 Å². The summed E-state index contributed by atoms with van der Waals surface area (Å²) < 4.78 is 24.1. The Labute approximate surface area is 264 Å². The van der Waals surface area contributed by atoms with Crippen LogP contribution >= 0.6 is 15.9 Å². The number of ether oxygens (including phenoxy) is 1. The van der Waals surface area contributed by atoms with Gasteiger partial charge in [-0.1, -0.05) is 34.5 Å². The SMILES string of the molecule is Oc1cc(-c2ncc3c(N4CC5CCC(C4)N5)nc(OC[C@]45CCCN4[C@@H]4CCC[C@@H]4C5)nc3c2F)c2c(Br)cccc2c1. The minimum Gasteiger partial charge on any atom is -0.508 e. The highest BCUT2D eigenvalue weighted by molar-refractivity contribution is 9.10. The third-order valence-electron chi connectivity index (χ3n) is 11.1. The molecule has 4 aromatic rings. The molecular formula is C34H36BrFN6O2. The summed E-state index contributed by atoms with van der Waals surface area (Å²) in [6.07, 6.45) is 11.4. The third-order valence-corrected chi connectivity index (χ3v) is 11.8. The van der Waals surface area contributed by atoms with E-state index >= 15 is 4.39 Å². The smallest absolute Gasteiger partial charge is 0.319 e. The molecule has 5 aliphatic rings. The summed E-state index contributed by atoms with van der Waals surface area (Å²) >= 11 is 3.63. The van der Waals surface area contributed by atoms with Crippen LogP contribution in [0.3, 0.4) is 0 Å². The summed E-state index contributed by atoms with van der Waals surface area (Å²) in [5, 5.41) is 16.4. The number of fused-ring (bicyclic) bond motifs is 7. The monoisotopic (exact) mass is 658 g/mol. The lowest BCUT2D eigenvalue weighted by molar-refractivity contribution is 0.0832. The van der Waals surface area contributed by atoms with E-state index in [0.717, 1.165) is 60.1 Å². The fourth-order valence-electron chi connectivity index (χ4n) is 9.30. The van der Waals surface area contributed by atoms with E-state index in [2.05, 4.69) is 36.0 Å². The van der Waals surface area contributed by atoms with Crippen LogP contribution in [0.25, 0.3) is 32.9 Å². The van der Waals surface area contributed by atoms with E-state index in [1.54, 1.807) is 18.3 Å². The minimum atomic E-state index is -0.534. The molecule has 4 saturated heterocycles. The van der Waals surface area contributed by atoms with Crippen molar-refractivity contribution in [1.29, 1.82) is 0 Å². The highest BCUT2D eigenvalue weighted by atomic mass is 79.9. The number of halogens is 2. The third kappa shape index (κ3) is 4.24. The van der Waals surface area contributed by atoms with Gasteiger partial charge < -0.3 is 20.1 Å². The van der Waals surface area contributed by atoms with E-state index in [0.29, 0.717) is 41.5 Å². The van der Waals surface area contributed by atoms with Gasteiger partial charge in [0.15, 0.2) is 5.82 Å². The van der Waals surface area contributed by atoms with Crippen molar-refractivity contribution in [1.82, 2.24) is 25.2 Å². The van der Waals surface area contributed by atoms with Gasteiger partial charge in [-0.05, 0) is 81.0 Å². The summed E-state index contributed by atoms with van der Waals surface area (Å²) in [5.41, 5.74) is 0.878. The molecule has 5 fully saturated rings. The maximum absolute atomic E-state index is 16.8. The van der Waals surface area contributed by atoms with Gasteiger partial charge in [0, 0.05) is 52.8 Å². The second-order valence-electron chi connectivity index (χ2n) is 13.7. The van der Waals surface area contributed by atoms with E-state index in [9.17, 15) is 5.11 Å². The Morgan fingerprint density at radius 2 is 1.95 bits per heavy atom. The topological polar surface area (TPSA) is 86.6 Å². The maximum Gasteiger partial charge on any atom is 0.319 e. The van der Waals surface area contributed by atoms with Crippen LogP contribution in [-0.2, 0) is 0 Å². The standard InChI is InChI=1S/C34H36BrFN6O2/c35-26-6-1-4-19-12-23(43)13-24(28(19)26)30-29(36)31-25(15-37-30)32(41-16-21-8-9-22(17-41)38-21)40-33(39-31)44-18-34-10-3-11-42(34)27-7-2-5-20(27)14-34/h1,4,6,12-13,15,20-22,27,38,43H,2-3,5,7-11,14,16-18H2/t20-,21?,22?,27-,34-/m1/s1. The lowest BCUT2D eigenvalue weighted by Crippen LogP contribution is -2.51. The molecule has 2 N–H and O–H groups in total. The Kier molecular flexibility index (Phi) is 6.33. The second-order valence-corrected chi connectivity index (χ2v) is 14.5. The van der Waals surface area contributed by atoms with Crippen LogP contribution in [0.5, 0.6) is 11.8 Å². The molecule has 2 unspecified atom stereocenters. The zero-order chi connectivity index (χ0) is 29.6. The molecule has 2 aromatic heterocycles. The molecular weight excluding hydrogens is 623 g/mol. The number of phenolic OH excluding ortho intramolecular Hbond substituents is 1. The average molecular weight is 660 g/mol. The molecule has 5 atom stereocenters. The molecule has 6 heterocycles. The zero-order valence-electron chi connectivity index (χ0n) is 24.6. The number of piperazine rings is 1. The lowest BCUT2D eigenvalue weighted by Gasteiger charge is -2.35. The molecule has 2 bridgehead atoms. The minimum absolute atomic E-state index is 0.0249. The van der Waals surface area contributed by atoms with Crippen LogP contribution < -0.4 is 15.0 Å². The number of aromatic nitrogens is 3. The van der Waals surface area contributed by atoms with Gasteiger partial charge >= 0.3 is 6.01 Å². The molecule has 2 aromatic carbocycles. The van der Waals surface area contributed by atoms with Crippen molar-refractivity contribution in [3.8, 4) is 23.0 Å². The number of benzene rings is 2. The number of anilines is 1. The van der Waals surface area contributed by atoms with Gasteiger partial charge in [-0.3, -0.25) is 9.88 Å². The van der Waals surface area contributed by atoms with Crippen LogP contribution in [0.4, 0.5) is 10.2 Å². The van der Waals surface area contributed by atoms with Crippen molar-refractivity contribution in [3.05, 3.63) is 46.8 Å². The van der Waals surface area contributed by atoms with Crippen LogP contribution in [0.2, 0.25) is 0 Å². The number of hydrogen-bond acceptors (Lipinski definition) is 8. The van der Waals surface area contributed by atoms with Crippen molar-refractivity contribution in [2.24, 2.45) is 5.92 Å². The van der Waals surface area contributed by atoms with E-state index in [1.165, 1.54) is 32.1 Å². The summed E-state index contributed by atoms with van der Waals surface area (Å²) in [6, 6.07) is 10.6. The van der Waals surface area contributed by atoms with Crippen molar-refractivity contribution in [2.75, 3.05) is 31.1 Å². The first kappa shape index (κ1) is 27.2. The van der Waals surface area contributed by atoms with Crippen molar-refractivity contribution >= 4 is 43.4 Å². The van der Waals surface area contributed by atoms with E-state index < -0.39 is 5.82 Å². The first-order valence-electron chi connectivity index (χ1n) is 16.1. The average Bonchev–Trinajstić information content (AvgIpc) is 3.77. The first-order valence-corrected chi connectivity index (χ1v) is 16.9. The molecule has 1 saturated carbocycles. The number of phenols is 1. The molecule has 0 spiro atoms. The van der Waals surface area contributed by atoms with Gasteiger partial charge in [0.2, 0.25) is 0 Å². The summed E-state index contributed by atoms with van der Waals surface area (Å²) in [4.78, 5) is 19.4. The van der Waals surface area contributed by atoms with Gasteiger partial charge in [-0.2, -0.15) is 9.97 Å². The van der Waals surface area contributed by atoms with E-state index in [-0.39, 0.29) is 28.5 Å². The van der Waals surface area contributed by atoms with Gasteiger partial charge in [0.05, 0.1) is 10.9 Å². The quantitative estimate of drug-likeness (QED) is 0.263. The summed E-state index contributed by atoms with van der Waals surface area (Å²) in [7, 11) is 0. The zero-order valence-corrected chi connectivity index (χ0v) is 26.2. The fraction of sp³-hybridized carbons (Fsp3) is 0.500. The van der Waals surface area contributed by atoms with E-state index in [1.807, 2.05) is 18.2 Å². The molecule has 4 aliphatic heterocycles. The number of rotatable bonds is 5. The number of pyridine rings is 1. The Morgan fingerprint density at radius 1 is 1.09 bits per heavy atom. The molecule has 1 aliphatic carbocycles. The molecule has 9 rings (SSSR count). The van der Waals surface area contributed by atoms with Crippen molar-refractivity contribution < 1.29 is 14.2 Å². The second kappa shape index (κ2) is 10.2. The Hall–Kier alpha value is -3.08. The molecule has 0 amide bonds. The predicted molar refractivity (Wildman–Crippen MR) is 172 cm³/mol. The van der Waals surface area contributed by atoms with Gasteiger partial charge in [0.25, 0.3) is 0 Å². The number of nitrogens with one attached hydrogen (secondary N) is 1. The van der Waals surface area contributed by atoms with Crippen LogP contribution in [0, 0.1) is 11.7 Å². The number of nitrogens with zero attached hydrogens (tertiary/aromatic N) is 5. The van der Waals surface area contributed by atoms with Gasteiger partial charge in [-0.15, -0.1) is 0 Å². The fourth-order valence-corrected chi connectivity index (χ4v) is 9.90. The van der Waals surface area contributed by atoms with Gasteiger partial charge in [-0.25, -0.2) is 4.39 Å². The molecule has 228 valence electrons. The van der Waals surface area contributed by atoms with E-state index in [4.69, 9.17) is 14.7 Å². The normalized spacial score (nSPS) is 29.5. The van der Waals surface area contributed by atoms with Crippen LogP contribution in [0.15, 0.2) is 41.0 Å². The first-order chi connectivity index (χ1) is 21.5. The Balaban J connectivity index is 1.16. The summed E-state index contributed by atoms with van der Waals surface area (Å²) in [5.74, 6) is 0.961. The highest BCUT2D eigenvalue weighted by Crippen LogP contribution is 2.51. The van der Waals surface area contributed by atoms with Crippen LogP contribution in [0.1, 0.15) is 51.4 Å². The van der Waals surface area contributed by atoms with Crippen LogP contribution in [-0.4, -0.2) is 74.9 Å². The lowest BCUT2D eigenvalue weighted by atomic mass is 9.90. The predicted octanol–water partition coefficient (Wildman–Crippen LogP) is 6.18. The maximum atomic E-state index is 16.8. The highest BCUT2D eigenvalue weighted by Gasteiger charge is 2.55. The summed E-state index contributed by atoms with van der Waals surface area (Å²) in [6.45, 7) is 3.27. The van der Waals surface area contributed by atoms with Gasteiger partial charge in [0.1, 0.15) is 29.4 Å². The molecule has 44 heavy (non-hydrogen) atoms. The molecule has 8 nitrogen and oxygen atoms in total. The Bertz CT molecular complexity index is 1790. The number of aromatic hydroxyl groups is 1. The molecule has 0 radical (unpaired) electrons. The largest absolute Gasteiger partial charge is 0.508 e. The Morgan fingerprint density at radius 3 is 2.82 bits per heavy atom.